The molecule has 0 aliphatic heterocycles. The summed E-state index contributed by atoms with van der Waals surface area (Å²) in [5, 5.41) is 2.04. The summed E-state index contributed by atoms with van der Waals surface area (Å²) in [5.41, 5.74) is 7.81. The number of rotatable bonds is 3. The zero-order chi connectivity index (χ0) is 12.3. The Hall–Kier alpha value is -1.52. The van der Waals surface area contributed by atoms with Crippen LogP contribution in [0.15, 0.2) is 35.7 Å². The first kappa shape index (κ1) is 14.5. The molecule has 3 nitrogen and oxygen atoms in total. The molecule has 2 aromatic rings. The van der Waals surface area contributed by atoms with Crippen molar-refractivity contribution in [3.63, 3.8) is 0 Å². The molecule has 0 aliphatic carbocycles. The predicted octanol–water partition coefficient (Wildman–Crippen LogP) is 3.13. The van der Waals surface area contributed by atoms with Gasteiger partial charge in [-0.05, 0) is 29.1 Å². The molecule has 1 aromatic carbocycles. The standard InChI is InChI=1S/C13H13NO2S.ClH/c1-16-13(15)11-5-4-9(8-12(11)14)7-10-3-2-6-17-10;/h2-6,8H,7,14H2,1H3;1H. The number of nitrogen functional groups attached to an aromatic ring is 1. The van der Waals surface area contributed by atoms with Gasteiger partial charge in [0.1, 0.15) is 0 Å². The largest absolute Gasteiger partial charge is 0.465 e. The number of halogens is 1. The van der Waals surface area contributed by atoms with Gasteiger partial charge in [-0.15, -0.1) is 23.7 Å². The zero-order valence-electron chi connectivity index (χ0n) is 9.88. The number of benzene rings is 1. The first-order chi connectivity index (χ1) is 8.20. The Labute approximate surface area is 116 Å². The Bertz CT molecular complexity index is 526. The van der Waals surface area contributed by atoms with Crippen LogP contribution in [0.5, 0.6) is 0 Å². The van der Waals surface area contributed by atoms with Crippen molar-refractivity contribution in [2.24, 2.45) is 0 Å². The van der Waals surface area contributed by atoms with Gasteiger partial charge in [0.25, 0.3) is 0 Å². The van der Waals surface area contributed by atoms with E-state index in [0.717, 1.165) is 12.0 Å². The number of methoxy groups -OCH3 is 1. The van der Waals surface area contributed by atoms with E-state index in [4.69, 9.17) is 5.73 Å². The molecule has 0 atom stereocenters. The van der Waals surface area contributed by atoms with Gasteiger partial charge in [0.05, 0.1) is 12.7 Å². The fourth-order valence-corrected chi connectivity index (χ4v) is 2.37. The molecule has 2 N–H and O–H groups in total. The van der Waals surface area contributed by atoms with Crippen molar-refractivity contribution in [2.45, 2.75) is 6.42 Å². The number of ether oxygens (including phenoxy) is 1. The minimum Gasteiger partial charge on any atom is -0.465 e. The normalized spacial score (nSPS) is 9.61. The number of hydrogen-bond acceptors (Lipinski definition) is 4. The van der Waals surface area contributed by atoms with Crippen LogP contribution in [0.4, 0.5) is 5.69 Å². The van der Waals surface area contributed by atoms with Crippen molar-refractivity contribution < 1.29 is 9.53 Å². The average Bonchev–Trinajstić information content (AvgIpc) is 2.81. The molecular weight excluding hydrogens is 270 g/mol. The molecule has 0 unspecified atom stereocenters. The van der Waals surface area contributed by atoms with Crippen LogP contribution in [0.3, 0.4) is 0 Å². The first-order valence-electron chi connectivity index (χ1n) is 5.20. The summed E-state index contributed by atoms with van der Waals surface area (Å²) in [6.07, 6.45) is 0.837. The molecule has 0 fully saturated rings. The highest BCUT2D eigenvalue weighted by molar-refractivity contribution is 7.09. The van der Waals surface area contributed by atoms with E-state index < -0.39 is 5.97 Å². The number of esters is 1. The summed E-state index contributed by atoms with van der Waals surface area (Å²) in [6, 6.07) is 9.54. The van der Waals surface area contributed by atoms with Crippen molar-refractivity contribution >= 4 is 35.4 Å². The van der Waals surface area contributed by atoms with E-state index in [-0.39, 0.29) is 12.4 Å². The lowest BCUT2D eigenvalue weighted by atomic mass is 10.1. The highest BCUT2D eigenvalue weighted by Crippen LogP contribution is 2.19. The average molecular weight is 284 g/mol. The Morgan fingerprint density at radius 3 is 2.72 bits per heavy atom. The highest BCUT2D eigenvalue weighted by atomic mass is 35.5. The number of hydrogen-bond donors (Lipinski definition) is 1. The van der Waals surface area contributed by atoms with Gasteiger partial charge in [0.2, 0.25) is 0 Å². The Morgan fingerprint density at radius 1 is 1.39 bits per heavy atom. The van der Waals surface area contributed by atoms with Crippen LogP contribution >= 0.6 is 23.7 Å². The lowest BCUT2D eigenvalue weighted by molar-refractivity contribution is 0.0602. The van der Waals surface area contributed by atoms with E-state index in [0.29, 0.717) is 11.3 Å². The molecule has 0 radical (unpaired) electrons. The second kappa shape index (κ2) is 6.42. The third kappa shape index (κ3) is 3.24. The molecule has 96 valence electrons. The molecule has 1 heterocycles. The number of carbonyl (C=O) groups excluding carboxylic acids is 1. The van der Waals surface area contributed by atoms with Crippen molar-refractivity contribution in [2.75, 3.05) is 12.8 Å². The highest BCUT2D eigenvalue weighted by Gasteiger charge is 2.10. The van der Waals surface area contributed by atoms with Crippen molar-refractivity contribution in [1.82, 2.24) is 0 Å². The van der Waals surface area contributed by atoms with Gasteiger partial charge < -0.3 is 10.5 Å². The Kier molecular flexibility index (Phi) is 5.19. The molecule has 0 aliphatic rings. The molecule has 5 heteroatoms. The fraction of sp³-hybridized carbons (Fsp3) is 0.154. The fourth-order valence-electron chi connectivity index (χ4n) is 1.63. The van der Waals surface area contributed by atoms with E-state index in [1.54, 1.807) is 17.4 Å². The summed E-state index contributed by atoms with van der Waals surface area (Å²) in [6.45, 7) is 0. The van der Waals surface area contributed by atoms with Gasteiger partial charge in [0, 0.05) is 17.0 Å². The van der Waals surface area contributed by atoms with Crippen LogP contribution in [-0.2, 0) is 11.2 Å². The molecule has 0 saturated carbocycles. The minimum atomic E-state index is -0.398. The molecular formula is C13H14ClNO2S. The second-order valence-electron chi connectivity index (χ2n) is 3.67. The third-order valence-corrected chi connectivity index (χ3v) is 3.36. The maximum Gasteiger partial charge on any atom is 0.339 e. The van der Waals surface area contributed by atoms with Gasteiger partial charge in [0.15, 0.2) is 0 Å². The van der Waals surface area contributed by atoms with E-state index in [2.05, 4.69) is 10.8 Å². The smallest absolute Gasteiger partial charge is 0.339 e. The van der Waals surface area contributed by atoms with Crippen molar-refractivity contribution in [1.29, 1.82) is 0 Å². The predicted molar refractivity (Wildman–Crippen MR) is 76.6 cm³/mol. The third-order valence-electron chi connectivity index (χ3n) is 2.48. The van der Waals surface area contributed by atoms with Crippen LogP contribution in [0, 0.1) is 0 Å². The van der Waals surface area contributed by atoms with Crippen LogP contribution < -0.4 is 5.73 Å². The molecule has 1 aromatic heterocycles. The zero-order valence-corrected chi connectivity index (χ0v) is 11.5. The number of thiophene rings is 1. The summed E-state index contributed by atoms with van der Waals surface area (Å²) in [5.74, 6) is -0.398. The van der Waals surface area contributed by atoms with Crippen molar-refractivity contribution in [3.05, 3.63) is 51.7 Å². The Morgan fingerprint density at radius 2 is 2.17 bits per heavy atom. The molecule has 0 spiro atoms. The molecule has 18 heavy (non-hydrogen) atoms. The second-order valence-corrected chi connectivity index (χ2v) is 4.70. The van der Waals surface area contributed by atoms with Crippen LogP contribution in [0.2, 0.25) is 0 Å². The molecule has 0 saturated heterocycles. The van der Waals surface area contributed by atoms with E-state index >= 15 is 0 Å². The summed E-state index contributed by atoms with van der Waals surface area (Å²) in [7, 11) is 1.35. The lowest BCUT2D eigenvalue weighted by Crippen LogP contribution is -2.06. The quantitative estimate of drug-likeness (QED) is 0.695. The van der Waals surface area contributed by atoms with Gasteiger partial charge in [-0.25, -0.2) is 4.79 Å². The van der Waals surface area contributed by atoms with Crippen LogP contribution in [0.25, 0.3) is 0 Å². The van der Waals surface area contributed by atoms with Gasteiger partial charge >= 0.3 is 5.97 Å². The number of anilines is 1. The van der Waals surface area contributed by atoms with Gasteiger partial charge in [-0.1, -0.05) is 12.1 Å². The number of nitrogens with two attached hydrogens (primary N) is 1. The SMILES string of the molecule is COC(=O)c1ccc(Cc2cccs2)cc1N.Cl. The minimum absolute atomic E-state index is 0. The van der Waals surface area contributed by atoms with Crippen molar-refractivity contribution in [3.8, 4) is 0 Å². The monoisotopic (exact) mass is 283 g/mol. The summed E-state index contributed by atoms with van der Waals surface area (Å²) >= 11 is 1.71. The van der Waals surface area contributed by atoms with Gasteiger partial charge in [-0.2, -0.15) is 0 Å². The first-order valence-corrected chi connectivity index (χ1v) is 6.08. The number of carbonyl (C=O) groups is 1. The molecule has 0 bridgehead atoms. The maximum atomic E-state index is 11.4. The van der Waals surface area contributed by atoms with Crippen LogP contribution in [-0.4, -0.2) is 13.1 Å². The molecule has 2 rings (SSSR count). The summed E-state index contributed by atoms with van der Waals surface area (Å²) < 4.78 is 4.65. The van der Waals surface area contributed by atoms with E-state index in [9.17, 15) is 4.79 Å². The maximum absolute atomic E-state index is 11.4. The summed E-state index contributed by atoms with van der Waals surface area (Å²) in [4.78, 5) is 12.6. The van der Waals surface area contributed by atoms with Crippen LogP contribution in [0.1, 0.15) is 20.8 Å². The molecule has 0 amide bonds. The lowest BCUT2D eigenvalue weighted by Gasteiger charge is -2.06. The van der Waals surface area contributed by atoms with E-state index in [1.165, 1.54) is 12.0 Å². The Balaban J connectivity index is 0.00000162. The topological polar surface area (TPSA) is 52.3 Å². The van der Waals surface area contributed by atoms with E-state index in [1.807, 2.05) is 23.6 Å². The van der Waals surface area contributed by atoms with Gasteiger partial charge in [-0.3, -0.25) is 0 Å².